The second-order valence-electron chi connectivity index (χ2n) is 4.40. The molecule has 0 bridgehead atoms. The topological polar surface area (TPSA) is 46.3 Å². The van der Waals surface area contributed by atoms with Crippen LogP contribution < -0.4 is 5.73 Å². The lowest BCUT2D eigenvalue weighted by molar-refractivity contribution is 0.0787. The zero-order chi connectivity index (χ0) is 14.0. The zero-order valence-corrected chi connectivity index (χ0v) is 12.4. The third kappa shape index (κ3) is 3.08. The number of halogens is 1. The summed E-state index contributed by atoms with van der Waals surface area (Å²) in [7, 11) is 1.76. The number of nitrogen functional groups attached to an aromatic ring is 1. The van der Waals surface area contributed by atoms with Crippen molar-refractivity contribution in [2.24, 2.45) is 0 Å². The minimum atomic E-state index is -0.0780. The van der Waals surface area contributed by atoms with Gasteiger partial charge in [-0.3, -0.25) is 4.79 Å². The Bertz CT molecular complexity index is 609. The number of hydrogen-bond donors (Lipinski definition) is 1. The number of amides is 1. The van der Waals surface area contributed by atoms with Gasteiger partial charge >= 0.3 is 0 Å². The lowest BCUT2D eigenvalue weighted by Crippen LogP contribution is -2.26. The van der Waals surface area contributed by atoms with E-state index in [4.69, 9.17) is 17.3 Å². The molecule has 2 aromatic rings. The normalized spacial score (nSPS) is 10.5. The van der Waals surface area contributed by atoms with Gasteiger partial charge in [-0.15, -0.1) is 11.3 Å². The summed E-state index contributed by atoms with van der Waals surface area (Å²) in [5.41, 5.74) is 7.96. The summed E-state index contributed by atoms with van der Waals surface area (Å²) in [5.74, 6) is -0.0780. The third-order valence-electron chi connectivity index (χ3n) is 2.92. The molecule has 0 aliphatic carbocycles. The zero-order valence-electron chi connectivity index (χ0n) is 10.8. The monoisotopic (exact) mass is 294 g/mol. The molecule has 0 atom stereocenters. The molecule has 0 fully saturated rings. The van der Waals surface area contributed by atoms with Gasteiger partial charge in [-0.05, 0) is 30.7 Å². The second kappa shape index (κ2) is 5.63. The minimum absolute atomic E-state index is 0.0780. The van der Waals surface area contributed by atoms with Crippen LogP contribution >= 0.6 is 22.9 Å². The molecular formula is C14H15ClN2OS. The van der Waals surface area contributed by atoms with Crippen molar-refractivity contribution in [3.8, 4) is 0 Å². The lowest BCUT2D eigenvalue weighted by Gasteiger charge is -2.18. The van der Waals surface area contributed by atoms with Gasteiger partial charge < -0.3 is 10.6 Å². The molecule has 0 saturated heterocycles. The highest BCUT2D eigenvalue weighted by atomic mass is 35.5. The average molecular weight is 295 g/mol. The molecule has 1 aromatic heterocycles. The maximum atomic E-state index is 12.3. The van der Waals surface area contributed by atoms with Crippen LogP contribution in [0.4, 0.5) is 5.69 Å². The fourth-order valence-corrected chi connectivity index (χ4v) is 2.96. The first kappa shape index (κ1) is 13.9. The SMILES string of the molecule is Cc1cccc(C(=O)N(C)Cc2ccc(Cl)s2)c1N. The van der Waals surface area contributed by atoms with Crippen molar-refractivity contribution in [1.82, 2.24) is 4.90 Å². The molecular weight excluding hydrogens is 280 g/mol. The Morgan fingerprint density at radius 2 is 2.11 bits per heavy atom. The molecule has 1 aromatic carbocycles. The van der Waals surface area contributed by atoms with Crippen LogP contribution in [0, 0.1) is 6.92 Å². The molecule has 0 aliphatic rings. The Hall–Kier alpha value is -1.52. The van der Waals surface area contributed by atoms with Crippen LogP contribution in [0.25, 0.3) is 0 Å². The Kier molecular flexibility index (Phi) is 4.12. The van der Waals surface area contributed by atoms with Crippen molar-refractivity contribution in [3.05, 3.63) is 50.7 Å². The Labute approximate surface area is 121 Å². The molecule has 0 aliphatic heterocycles. The first-order valence-corrected chi connectivity index (χ1v) is 7.03. The number of carbonyl (C=O) groups excluding carboxylic acids is 1. The quantitative estimate of drug-likeness (QED) is 0.880. The number of nitrogens with zero attached hydrogens (tertiary/aromatic N) is 1. The number of para-hydroxylation sites is 1. The molecule has 1 amide bonds. The molecule has 3 nitrogen and oxygen atoms in total. The fraction of sp³-hybridized carbons (Fsp3) is 0.214. The van der Waals surface area contributed by atoms with Gasteiger partial charge in [-0.2, -0.15) is 0 Å². The highest BCUT2D eigenvalue weighted by Crippen LogP contribution is 2.24. The van der Waals surface area contributed by atoms with E-state index in [0.29, 0.717) is 17.8 Å². The van der Waals surface area contributed by atoms with Gasteiger partial charge in [-0.1, -0.05) is 23.7 Å². The summed E-state index contributed by atoms with van der Waals surface area (Å²) >= 11 is 7.36. The van der Waals surface area contributed by atoms with E-state index in [1.807, 2.05) is 31.2 Å². The number of thiophene rings is 1. The van der Waals surface area contributed by atoms with Gasteiger partial charge in [0.25, 0.3) is 5.91 Å². The Morgan fingerprint density at radius 3 is 2.74 bits per heavy atom. The molecule has 0 unspecified atom stereocenters. The second-order valence-corrected chi connectivity index (χ2v) is 6.20. The third-order valence-corrected chi connectivity index (χ3v) is 4.14. The predicted molar refractivity (Wildman–Crippen MR) is 80.7 cm³/mol. The van der Waals surface area contributed by atoms with E-state index in [1.54, 1.807) is 18.0 Å². The van der Waals surface area contributed by atoms with Crippen LogP contribution in [0.1, 0.15) is 20.8 Å². The van der Waals surface area contributed by atoms with Crippen LogP contribution in [0.3, 0.4) is 0 Å². The molecule has 0 radical (unpaired) electrons. The smallest absolute Gasteiger partial charge is 0.256 e. The van der Waals surface area contributed by atoms with Crippen molar-refractivity contribution in [3.63, 3.8) is 0 Å². The van der Waals surface area contributed by atoms with Gasteiger partial charge in [0.05, 0.1) is 16.4 Å². The molecule has 100 valence electrons. The number of rotatable bonds is 3. The van der Waals surface area contributed by atoms with Gasteiger partial charge in [0.2, 0.25) is 0 Å². The van der Waals surface area contributed by atoms with Crippen molar-refractivity contribution in [1.29, 1.82) is 0 Å². The first-order valence-electron chi connectivity index (χ1n) is 5.84. The number of nitrogens with two attached hydrogens (primary N) is 1. The van der Waals surface area contributed by atoms with E-state index in [1.165, 1.54) is 11.3 Å². The summed E-state index contributed by atoms with van der Waals surface area (Å²) in [5, 5.41) is 0. The van der Waals surface area contributed by atoms with Gasteiger partial charge in [0, 0.05) is 17.6 Å². The van der Waals surface area contributed by atoms with Gasteiger partial charge in [-0.25, -0.2) is 0 Å². The molecule has 1 heterocycles. The van der Waals surface area contributed by atoms with E-state index in [0.717, 1.165) is 14.8 Å². The van der Waals surface area contributed by atoms with E-state index in [2.05, 4.69) is 0 Å². The highest BCUT2D eigenvalue weighted by Gasteiger charge is 2.16. The van der Waals surface area contributed by atoms with Crippen LogP contribution in [-0.4, -0.2) is 17.9 Å². The maximum Gasteiger partial charge on any atom is 0.256 e. The summed E-state index contributed by atoms with van der Waals surface area (Å²) in [6, 6.07) is 9.25. The van der Waals surface area contributed by atoms with Crippen molar-refractivity contribution >= 4 is 34.5 Å². The molecule has 2 N–H and O–H groups in total. The van der Waals surface area contributed by atoms with Gasteiger partial charge in [0.15, 0.2) is 0 Å². The van der Waals surface area contributed by atoms with Crippen LogP contribution in [0.15, 0.2) is 30.3 Å². The van der Waals surface area contributed by atoms with Crippen molar-refractivity contribution in [2.75, 3.05) is 12.8 Å². The number of benzene rings is 1. The minimum Gasteiger partial charge on any atom is -0.398 e. The lowest BCUT2D eigenvalue weighted by atomic mass is 10.1. The van der Waals surface area contributed by atoms with Crippen molar-refractivity contribution in [2.45, 2.75) is 13.5 Å². The van der Waals surface area contributed by atoms with E-state index in [-0.39, 0.29) is 5.91 Å². The average Bonchev–Trinajstić information content (AvgIpc) is 2.77. The molecule has 2 rings (SSSR count). The summed E-state index contributed by atoms with van der Waals surface area (Å²) < 4.78 is 0.728. The molecule has 5 heteroatoms. The largest absolute Gasteiger partial charge is 0.398 e. The van der Waals surface area contributed by atoms with Crippen LogP contribution in [0.5, 0.6) is 0 Å². The summed E-state index contributed by atoms with van der Waals surface area (Å²) in [6.07, 6.45) is 0. The number of carbonyl (C=O) groups is 1. The predicted octanol–water partition coefficient (Wildman–Crippen LogP) is 3.56. The van der Waals surface area contributed by atoms with E-state index >= 15 is 0 Å². The van der Waals surface area contributed by atoms with Gasteiger partial charge in [0.1, 0.15) is 0 Å². The molecule has 19 heavy (non-hydrogen) atoms. The molecule has 0 saturated carbocycles. The maximum absolute atomic E-state index is 12.3. The van der Waals surface area contributed by atoms with E-state index in [9.17, 15) is 4.79 Å². The number of anilines is 1. The number of aryl methyl sites for hydroxylation is 1. The van der Waals surface area contributed by atoms with Crippen molar-refractivity contribution < 1.29 is 4.79 Å². The Balaban J connectivity index is 2.17. The highest BCUT2D eigenvalue weighted by molar-refractivity contribution is 7.16. The number of hydrogen-bond acceptors (Lipinski definition) is 3. The Morgan fingerprint density at radius 1 is 1.37 bits per heavy atom. The first-order chi connectivity index (χ1) is 8.99. The standard InChI is InChI=1S/C14H15ClN2OS/c1-9-4-3-5-11(13(9)16)14(18)17(2)8-10-6-7-12(15)19-10/h3-7H,8,16H2,1-2H3. The van der Waals surface area contributed by atoms with Crippen LogP contribution in [-0.2, 0) is 6.54 Å². The summed E-state index contributed by atoms with van der Waals surface area (Å²) in [6.45, 7) is 2.43. The van der Waals surface area contributed by atoms with Crippen LogP contribution in [0.2, 0.25) is 4.34 Å². The summed E-state index contributed by atoms with van der Waals surface area (Å²) in [4.78, 5) is 15.0. The van der Waals surface area contributed by atoms with E-state index < -0.39 is 0 Å². The fourth-order valence-electron chi connectivity index (χ4n) is 1.82. The molecule has 0 spiro atoms.